The number of nitrogens with zero attached hydrogens (tertiary/aromatic N) is 6. The van der Waals surface area contributed by atoms with Gasteiger partial charge in [0.2, 0.25) is 5.95 Å². The average Bonchev–Trinajstić information content (AvgIpc) is 2.61. The van der Waals surface area contributed by atoms with E-state index in [-0.39, 0.29) is 11.5 Å². The molecule has 25 heavy (non-hydrogen) atoms. The lowest BCUT2D eigenvalue weighted by Crippen LogP contribution is -2.50. The van der Waals surface area contributed by atoms with E-state index in [1.807, 2.05) is 17.0 Å². The Kier molecular flexibility index (Phi) is 3.93. The van der Waals surface area contributed by atoms with E-state index in [1.54, 1.807) is 18.5 Å². The molecule has 8 heteroatoms. The summed E-state index contributed by atoms with van der Waals surface area (Å²) in [7, 11) is 0. The van der Waals surface area contributed by atoms with Crippen LogP contribution in [0.5, 0.6) is 0 Å². The summed E-state index contributed by atoms with van der Waals surface area (Å²) < 4.78 is 14.3. The van der Waals surface area contributed by atoms with Crippen molar-refractivity contribution in [2.45, 2.75) is 6.54 Å². The third kappa shape index (κ3) is 3.23. The lowest BCUT2D eigenvalue weighted by Gasteiger charge is -2.39. The molecule has 0 aliphatic carbocycles. The van der Waals surface area contributed by atoms with Gasteiger partial charge in [-0.3, -0.25) is 9.78 Å². The van der Waals surface area contributed by atoms with Crippen molar-refractivity contribution in [2.75, 3.05) is 18.0 Å². The molecule has 1 aliphatic rings. The summed E-state index contributed by atoms with van der Waals surface area (Å²) in [4.78, 5) is 26.0. The molecule has 0 N–H and O–H groups in total. The zero-order valence-electron chi connectivity index (χ0n) is 13.3. The molecule has 1 saturated heterocycles. The fourth-order valence-electron chi connectivity index (χ4n) is 2.81. The molecule has 0 saturated carbocycles. The normalized spacial score (nSPS) is 14.4. The molecule has 0 radical (unpaired) electrons. The van der Waals surface area contributed by atoms with Crippen LogP contribution in [0.4, 0.5) is 10.3 Å². The number of hydrogen-bond donors (Lipinski definition) is 0. The second kappa shape index (κ2) is 6.39. The highest BCUT2D eigenvalue weighted by Crippen LogP contribution is 2.22. The van der Waals surface area contributed by atoms with Gasteiger partial charge in [-0.05, 0) is 18.2 Å². The van der Waals surface area contributed by atoms with Crippen LogP contribution < -0.4 is 10.5 Å². The van der Waals surface area contributed by atoms with E-state index in [0.29, 0.717) is 31.3 Å². The summed E-state index contributed by atoms with van der Waals surface area (Å²) in [6.45, 7) is 1.93. The van der Waals surface area contributed by atoms with Crippen LogP contribution in [0.1, 0.15) is 0 Å². The predicted octanol–water partition coefficient (Wildman–Crippen LogP) is 1.37. The molecule has 0 spiro atoms. The van der Waals surface area contributed by atoms with Crippen LogP contribution in [0.3, 0.4) is 0 Å². The first-order chi connectivity index (χ1) is 12.2. The Hall–Kier alpha value is -3.16. The largest absolute Gasteiger partial charge is 0.340 e. The fraction of sp³-hybridized carbons (Fsp3) is 0.235. The van der Waals surface area contributed by atoms with Gasteiger partial charge in [-0.15, -0.1) is 0 Å². The maximum absolute atomic E-state index is 12.9. The van der Waals surface area contributed by atoms with E-state index in [0.717, 1.165) is 18.0 Å². The molecule has 3 aromatic rings. The molecule has 1 aliphatic heterocycles. The van der Waals surface area contributed by atoms with Crippen LogP contribution in [-0.2, 0) is 6.54 Å². The first-order valence-electron chi connectivity index (χ1n) is 7.90. The monoisotopic (exact) mass is 338 g/mol. The van der Waals surface area contributed by atoms with E-state index in [2.05, 4.69) is 20.1 Å². The molecular weight excluding hydrogens is 323 g/mol. The van der Waals surface area contributed by atoms with Crippen molar-refractivity contribution in [1.82, 2.24) is 24.7 Å². The first-order valence-corrected chi connectivity index (χ1v) is 7.90. The minimum Gasteiger partial charge on any atom is -0.340 e. The summed E-state index contributed by atoms with van der Waals surface area (Å²) in [6, 6.07) is 6.96. The quantitative estimate of drug-likeness (QED) is 0.715. The number of aromatic nitrogens is 5. The summed E-state index contributed by atoms with van der Waals surface area (Å²) in [6.07, 6.45) is 5.71. The Bertz CT molecular complexity index is 922. The highest BCUT2D eigenvalue weighted by Gasteiger charge is 2.29. The topological polar surface area (TPSA) is 76.8 Å². The van der Waals surface area contributed by atoms with Gasteiger partial charge in [0.25, 0.3) is 5.56 Å². The van der Waals surface area contributed by atoms with E-state index >= 15 is 0 Å². The number of halogens is 1. The van der Waals surface area contributed by atoms with Crippen LogP contribution in [0.2, 0.25) is 0 Å². The zero-order chi connectivity index (χ0) is 17.2. The van der Waals surface area contributed by atoms with Crippen molar-refractivity contribution in [3.05, 3.63) is 65.2 Å². The number of hydrogen-bond acceptors (Lipinski definition) is 6. The van der Waals surface area contributed by atoms with Crippen LogP contribution in [0.15, 0.2) is 53.8 Å². The molecule has 0 amide bonds. The van der Waals surface area contributed by atoms with E-state index in [1.165, 1.54) is 10.7 Å². The van der Waals surface area contributed by atoms with Crippen molar-refractivity contribution >= 4 is 5.95 Å². The summed E-state index contributed by atoms with van der Waals surface area (Å²) in [5.74, 6) is 0.314. The minimum atomic E-state index is -0.455. The molecular formula is C17H15FN6O. The van der Waals surface area contributed by atoms with E-state index < -0.39 is 5.82 Å². The second-order valence-corrected chi connectivity index (χ2v) is 5.95. The number of anilines is 1. The van der Waals surface area contributed by atoms with Gasteiger partial charge in [-0.1, -0.05) is 0 Å². The predicted molar refractivity (Wildman–Crippen MR) is 89.4 cm³/mol. The average molecular weight is 338 g/mol. The first kappa shape index (κ1) is 15.4. The number of rotatable bonds is 4. The molecule has 1 fully saturated rings. The second-order valence-electron chi connectivity index (χ2n) is 5.95. The maximum Gasteiger partial charge on any atom is 0.266 e. The van der Waals surface area contributed by atoms with Crippen LogP contribution >= 0.6 is 0 Å². The highest BCUT2D eigenvalue weighted by atomic mass is 19.1. The van der Waals surface area contributed by atoms with Crippen LogP contribution in [0.25, 0.3) is 11.3 Å². The summed E-state index contributed by atoms with van der Waals surface area (Å²) in [5.41, 5.74) is 1.45. The van der Waals surface area contributed by atoms with Gasteiger partial charge >= 0.3 is 0 Å². The van der Waals surface area contributed by atoms with Gasteiger partial charge in [-0.25, -0.2) is 19.0 Å². The van der Waals surface area contributed by atoms with Crippen molar-refractivity contribution in [2.24, 2.45) is 5.92 Å². The molecule has 3 aromatic heterocycles. The van der Waals surface area contributed by atoms with E-state index in [4.69, 9.17) is 0 Å². The molecule has 4 rings (SSSR count). The van der Waals surface area contributed by atoms with E-state index in [9.17, 15) is 9.18 Å². The maximum atomic E-state index is 12.9. The molecule has 126 valence electrons. The van der Waals surface area contributed by atoms with Crippen molar-refractivity contribution in [3.8, 4) is 11.3 Å². The molecule has 0 unspecified atom stereocenters. The molecule has 4 heterocycles. The standard InChI is InChI=1S/C17H15FN6O/c18-14-7-20-17(21-8-14)23-9-12(10-23)11-24-16(25)4-3-15(22-24)13-2-1-5-19-6-13/h1-8,12H,9-11H2. The minimum absolute atomic E-state index is 0.135. The fourth-order valence-corrected chi connectivity index (χ4v) is 2.81. The third-order valence-corrected chi connectivity index (χ3v) is 4.10. The Morgan fingerprint density at radius 2 is 1.92 bits per heavy atom. The van der Waals surface area contributed by atoms with Crippen LogP contribution in [-0.4, -0.2) is 37.8 Å². The Balaban J connectivity index is 1.45. The van der Waals surface area contributed by atoms with Gasteiger partial charge in [0.15, 0.2) is 5.82 Å². The van der Waals surface area contributed by atoms with Crippen LogP contribution in [0, 0.1) is 11.7 Å². The van der Waals surface area contributed by atoms with Gasteiger partial charge < -0.3 is 4.90 Å². The Morgan fingerprint density at radius 3 is 2.64 bits per heavy atom. The third-order valence-electron chi connectivity index (χ3n) is 4.10. The zero-order valence-corrected chi connectivity index (χ0v) is 13.3. The van der Waals surface area contributed by atoms with Crippen molar-refractivity contribution in [3.63, 3.8) is 0 Å². The summed E-state index contributed by atoms with van der Waals surface area (Å²) >= 11 is 0. The van der Waals surface area contributed by atoms with Gasteiger partial charge in [0.1, 0.15) is 0 Å². The lowest BCUT2D eigenvalue weighted by atomic mass is 10.0. The van der Waals surface area contributed by atoms with Crippen molar-refractivity contribution < 1.29 is 4.39 Å². The molecule has 0 atom stereocenters. The molecule has 0 aromatic carbocycles. The Morgan fingerprint density at radius 1 is 1.12 bits per heavy atom. The molecule has 0 bridgehead atoms. The van der Waals surface area contributed by atoms with Gasteiger partial charge in [0, 0.05) is 43.0 Å². The van der Waals surface area contributed by atoms with Crippen molar-refractivity contribution in [1.29, 1.82) is 0 Å². The van der Waals surface area contributed by atoms with Gasteiger partial charge in [-0.2, -0.15) is 5.10 Å². The number of pyridine rings is 1. The smallest absolute Gasteiger partial charge is 0.266 e. The van der Waals surface area contributed by atoms with Gasteiger partial charge in [0.05, 0.1) is 24.6 Å². The Labute approximate surface area is 142 Å². The highest BCUT2D eigenvalue weighted by molar-refractivity contribution is 5.56. The lowest BCUT2D eigenvalue weighted by molar-refractivity contribution is 0.331. The summed E-state index contributed by atoms with van der Waals surface area (Å²) in [5, 5.41) is 4.44. The molecule has 7 nitrogen and oxygen atoms in total. The SMILES string of the molecule is O=c1ccc(-c2cccnc2)nn1CC1CN(c2ncc(F)cn2)C1.